The Hall–Kier alpha value is -2.86. The molecule has 0 saturated heterocycles. The highest BCUT2D eigenvalue weighted by molar-refractivity contribution is 7.21. The van der Waals surface area contributed by atoms with Gasteiger partial charge in [-0.25, -0.2) is 4.98 Å². The number of aryl methyl sites for hydroxylation is 1. The lowest BCUT2D eigenvalue weighted by atomic mass is 10.2. The van der Waals surface area contributed by atoms with Crippen molar-refractivity contribution in [2.75, 3.05) is 11.1 Å². The molecule has 0 aliphatic carbocycles. The molecule has 0 radical (unpaired) electrons. The predicted molar refractivity (Wildman–Crippen MR) is 94.0 cm³/mol. The van der Waals surface area contributed by atoms with Gasteiger partial charge in [-0.15, -0.1) is 11.3 Å². The smallest absolute Gasteiger partial charge is 0.234 e. The summed E-state index contributed by atoms with van der Waals surface area (Å²) < 4.78 is 6.28. The van der Waals surface area contributed by atoms with Crippen LogP contribution < -0.4 is 11.1 Å². The van der Waals surface area contributed by atoms with Gasteiger partial charge in [-0.2, -0.15) is 0 Å². The minimum Gasteiger partial charge on any atom is -0.367 e. The van der Waals surface area contributed by atoms with Crippen molar-refractivity contribution in [1.82, 2.24) is 10.1 Å². The van der Waals surface area contributed by atoms with Crippen LogP contribution in [0.4, 0.5) is 17.4 Å². The van der Waals surface area contributed by atoms with Crippen LogP contribution in [0, 0.1) is 6.92 Å². The summed E-state index contributed by atoms with van der Waals surface area (Å²) in [5.41, 5.74) is 9.73. The van der Waals surface area contributed by atoms with Gasteiger partial charge >= 0.3 is 0 Å². The first kappa shape index (κ1) is 13.8. The van der Waals surface area contributed by atoms with Crippen molar-refractivity contribution in [2.45, 2.75) is 6.92 Å². The average Bonchev–Trinajstić information content (AvgIpc) is 3.12. The Morgan fingerprint density at radius 3 is 2.65 bits per heavy atom. The Bertz CT molecular complexity index is 939. The van der Waals surface area contributed by atoms with E-state index in [1.165, 1.54) is 5.56 Å². The van der Waals surface area contributed by atoms with Gasteiger partial charge in [0.1, 0.15) is 10.6 Å². The lowest BCUT2D eigenvalue weighted by Gasteiger charge is -2.04. The lowest BCUT2D eigenvalue weighted by molar-refractivity contribution is 0.440. The van der Waals surface area contributed by atoms with E-state index >= 15 is 0 Å². The van der Waals surface area contributed by atoms with Crippen LogP contribution in [0.15, 0.2) is 53.1 Å². The third-order valence-corrected chi connectivity index (χ3v) is 4.59. The van der Waals surface area contributed by atoms with Crippen LogP contribution in [0.25, 0.3) is 20.8 Å². The van der Waals surface area contributed by atoms with Crippen molar-refractivity contribution in [1.29, 1.82) is 0 Å². The topological polar surface area (TPSA) is 77.0 Å². The number of aromatic nitrogens is 2. The molecule has 0 saturated carbocycles. The molecular weight excluding hydrogens is 308 g/mol. The fourth-order valence-electron chi connectivity index (χ4n) is 2.35. The third kappa shape index (κ3) is 2.53. The van der Waals surface area contributed by atoms with Crippen LogP contribution in [0.3, 0.4) is 0 Å². The molecule has 114 valence electrons. The maximum atomic E-state index is 5.97. The van der Waals surface area contributed by atoms with E-state index in [2.05, 4.69) is 15.5 Å². The van der Waals surface area contributed by atoms with Gasteiger partial charge in [0.2, 0.25) is 5.88 Å². The second kappa shape index (κ2) is 5.40. The van der Waals surface area contributed by atoms with Gasteiger partial charge in [0.25, 0.3) is 0 Å². The molecule has 0 amide bonds. The van der Waals surface area contributed by atoms with Crippen LogP contribution in [0.5, 0.6) is 0 Å². The van der Waals surface area contributed by atoms with E-state index < -0.39 is 0 Å². The van der Waals surface area contributed by atoms with Crippen molar-refractivity contribution in [2.24, 2.45) is 0 Å². The Morgan fingerprint density at radius 2 is 1.87 bits per heavy atom. The number of anilines is 3. The molecule has 0 unspecified atom stereocenters. The Balaban J connectivity index is 1.76. The van der Waals surface area contributed by atoms with E-state index in [4.69, 9.17) is 10.3 Å². The average molecular weight is 322 g/mol. The number of fused-ring (bicyclic) bond motifs is 1. The van der Waals surface area contributed by atoms with Crippen molar-refractivity contribution in [3.05, 3.63) is 54.1 Å². The summed E-state index contributed by atoms with van der Waals surface area (Å²) in [4.78, 5) is 4.63. The zero-order valence-corrected chi connectivity index (χ0v) is 13.2. The summed E-state index contributed by atoms with van der Waals surface area (Å²) in [6.07, 6.45) is 0. The first-order chi connectivity index (χ1) is 11.2. The normalized spacial score (nSPS) is 11.0. The first-order valence-electron chi connectivity index (χ1n) is 7.15. The van der Waals surface area contributed by atoms with Gasteiger partial charge in [0, 0.05) is 5.69 Å². The second-order valence-corrected chi connectivity index (χ2v) is 6.28. The van der Waals surface area contributed by atoms with Gasteiger partial charge in [0.15, 0.2) is 5.82 Å². The van der Waals surface area contributed by atoms with Crippen LogP contribution in [0.2, 0.25) is 0 Å². The molecule has 6 heteroatoms. The zero-order chi connectivity index (χ0) is 15.8. The molecule has 0 aliphatic heterocycles. The van der Waals surface area contributed by atoms with E-state index in [1.54, 1.807) is 11.3 Å². The van der Waals surface area contributed by atoms with Crippen molar-refractivity contribution in [3.8, 4) is 10.6 Å². The minimum atomic E-state index is 0.263. The summed E-state index contributed by atoms with van der Waals surface area (Å²) >= 11 is 1.57. The quantitative estimate of drug-likeness (QED) is 0.577. The Kier molecular flexibility index (Phi) is 3.24. The van der Waals surface area contributed by atoms with Crippen LogP contribution in [-0.4, -0.2) is 10.1 Å². The van der Waals surface area contributed by atoms with E-state index in [9.17, 15) is 0 Å². The number of nitrogens with two attached hydrogens (primary N) is 1. The standard InChI is InChI=1S/C17H14N4OS/c1-10-6-8-11(9-7-10)19-16-14(15(18)22-21-16)17-20-12-4-2-3-5-13(12)23-17/h2-9H,18H2,1H3,(H,19,21). The molecule has 4 rings (SSSR count). The predicted octanol–water partition coefficient (Wildman–Crippen LogP) is 4.59. The zero-order valence-electron chi connectivity index (χ0n) is 12.4. The molecule has 3 N–H and O–H groups in total. The Labute approximate surface area is 136 Å². The number of rotatable bonds is 3. The maximum Gasteiger partial charge on any atom is 0.234 e. The summed E-state index contributed by atoms with van der Waals surface area (Å²) in [5, 5.41) is 8.07. The van der Waals surface area contributed by atoms with Crippen molar-refractivity contribution in [3.63, 3.8) is 0 Å². The third-order valence-electron chi connectivity index (χ3n) is 3.54. The number of para-hydroxylation sites is 1. The molecule has 0 bridgehead atoms. The number of thiazole rings is 1. The SMILES string of the molecule is Cc1ccc(Nc2noc(N)c2-c2nc3ccccc3s2)cc1. The molecule has 0 fully saturated rings. The van der Waals surface area contributed by atoms with Gasteiger partial charge in [-0.1, -0.05) is 35.0 Å². The number of nitrogens with zero attached hydrogens (tertiary/aromatic N) is 2. The minimum absolute atomic E-state index is 0.263. The fourth-order valence-corrected chi connectivity index (χ4v) is 3.36. The number of hydrogen-bond acceptors (Lipinski definition) is 6. The highest BCUT2D eigenvalue weighted by Crippen LogP contribution is 2.39. The molecule has 0 aliphatic rings. The fraction of sp³-hybridized carbons (Fsp3) is 0.0588. The van der Waals surface area contributed by atoms with Gasteiger partial charge in [-0.3, -0.25) is 0 Å². The molecular formula is C17H14N4OS. The maximum absolute atomic E-state index is 5.97. The van der Waals surface area contributed by atoms with Crippen LogP contribution >= 0.6 is 11.3 Å². The molecule has 5 nitrogen and oxygen atoms in total. The number of hydrogen-bond donors (Lipinski definition) is 2. The second-order valence-electron chi connectivity index (χ2n) is 5.25. The van der Waals surface area contributed by atoms with Gasteiger partial charge in [0.05, 0.1) is 10.2 Å². The van der Waals surface area contributed by atoms with E-state index in [-0.39, 0.29) is 5.88 Å². The summed E-state index contributed by atoms with van der Waals surface area (Å²) in [7, 11) is 0. The van der Waals surface area contributed by atoms with Gasteiger partial charge < -0.3 is 15.6 Å². The summed E-state index contributed by atoms with van der Waals surface area (Å²) in [6.45, 7) is 2.05. The molecule has 2 heterocycles. The summed E-state index contributed by atoms with van der Waals surface area (Å²) in [5.74, 6) is 0.837. The van der Waals surface area contributed by atoms with Crippen molar-refractivity contribution < 1.29 is 4.52 Å². The van der Waals surface area contributed by atoms with Gasteiger partial charge in [-0.05, 0) is 31.2 Å². The van der Waals surface area contributed by atoms with Crippen LogP contribution in [0.1, 0.15) is 5.56 Å². The number of nitrogen functional groups attached to an aromatic ring is 1. The first-order valence-corrected chi connectivity index (χ1v) is 7.97. The highest BCUT2D eigenvalue weighted by atomic mass is 32.1. The molecule has 2 aromatic heterocycles. The highest BCUT2D eigenvalue weighted by Gasteiger charge is 2.19. The lowest BCUT2D eigenvalue weighted by Crippen LogP contribution is -1.93. The van der Waals surface area contributed by atoms with Crippen LogP contribution in [-0.2, 0) is 0 Å². The molecule has 23 heavy (non-hydrogen) atoms. The van der Waals surface area contributed by atoms with E-state index in [0.717, 1.165) is 20.9 Å². The van der Waals surface area contributed by atoms with Crippen molar-refractivity contribution >= 4 is 38.9 Å². The van der Waals surface area contributed by atoms with E-state index in [0.29, 0.717) is 11.4 Å². The molecule has 0 atom stereocenters. The van der Waals surface area contributed by atoms with E-state index in [1.807, 2.05) is 55.5 Å². The molecule has 0 spiro atoms. The summed E-state index contributed by atoms with van der Waals surface area (Å²) in [6, 6.07) is 16.0. The number of benzene rings is 2. The Morgan fingerprint density at radius 1 is 1.09 bits per heavy atom. The monoisotopic (exact) mass is 322 g/mol. The number of nitrogens with one attached hydrogen (secondary N) is 1. The largest absolute Gasteiger partial charge is 0.367 e. The molecule has 2 aromatic carbocycles. The molecule has 4 aromatic rings.